The average Bonchev–Trinajstić information content (AvgIpc) is 2.44. The maximum absolute atomic E-state index is 10.8. The molecule has 0 aliphatic carbocycles. The quantitative estimate of drug-likeness (QED) is 0.538. The first-order chi connectivity index (χ1) is 10.4. The number of hydrogen-bond acceptors (Lipinski definition) is 5. The molecule has 3 N–H and O–H groups in total. The fourth-order valence-corrected chi connectivity index (χ4v) is 2.52. The summed E-state index contributed by atoms with van der Waals surface area (Å²) in [4.78, 5) is 13.0. The molecule has 0 fully saturated rings. The molecule has 0 radical (unpaired) electrons. The molecule has 6 nitrogen and oxygen atoms in total. The van der Waals surface area contributed by atoms with Crippen LogP contribution in [-0.2, 0) is 11.3 Å². The summed E-state index contributed by atoms with van der Waals surface area (Å²) in [6, 6.07) is 3.83. The summed E-state index contributed by atoms with van der Waals surface area (Å²) in [5.41, 5.74) is 6.16. The van der Waals surface area contributed by atoms with Gasteiger partial charge >= 0.3 is 0 Å². The normalized spacial score (nSPS) is 9.88. The van der Waals surface area contributed by atoms with Crippen molar-refractivity contribution in [2.75, 3.05) is 40.9 Å². The van der Waals surface area contributed by atoms with Crippen molar-refractivity contribution in [1.82, 2.24) is 10.2 Å². The zero-order valence-corrected chi connectivity index (χ0v) is 17.4. The third-order valence-corrected chi connectivity index (χ3v) is 3.53. The SMILES string of the molecule is COc1cc(CNCCCN(C)C)cc(Br)c1OCC(N)=O.Cl.Cl. The molecule has 0 saturated carbocycles. The number of amides is 1. The molecule has 9 heteroatoms. The molecule has 0 heterocycles. The number of hydrogen-bond donors (Lipinski definition) is 2. The number of nitrogens with two attached hydrogens (primary N) is 1. The van der Waals surface area contributed by atoms with Crippen LogP contribution in [0, 0.1) is 0 Å². The Bertz CT molecular complexity index is 505. The lowest BCUT2D eigenvalue weighted by molar-refractivity contribution is -0.119. The van der Waals surface area contributed by atoms with Gasteiger partial charge in [0.1, 0.15) is 0 Å². The van der Waals surface area contributed by atoms with E-state index in [1.807, 2.05) is 12.1 Å². The van der Waals surface area contributed by atoms with Gasteiger partial charge in [-0.2, -0.15) is 0 Å². The van der Waals surface area contributed by atoms with Crippen molar-refractivity contribution in [1.29, 1.82) is 0 Å². The second-order valence-corrected chi connectivity index (χ2v) is 6.05. The van der Waals surface area contributed by atoms with Crippen molar-refractivity contribution in [3.05, 3.63) is 22.2 Å². The molecule has 0 aromatic heterocycles. The molecule has 0 aliphatic heterocycles. The standard InChI is InChI=1S/C15H24BrN3O3.2ClH/c1-19(2)6-4-5-18-9-11-7-12(16)15(13(8-11)21-3)22-10-14(17)20;;/h7-8,18H,4-6,9-10H2,1-3H3,(H2,17,20);2*1H. The zero-order valence-electron chi connectivity index (χ0n) is 14.1. The van der Waals surface area contributed by atoms with Crippen LogP contribution in [0.5, 0.6) is 11.5 Å². The van der Waals surface area contributed by atoms with Crippen LogP contribution in [0.3, 0.4) is 0 Å². The van der Waals surface area contributed by atoms with Crippen LogP contribution in [0.2, 0.25) is 0 Å². The Hall–Kier alpha value is -0.730. The van der Waals surface area contributed by atoms with Crippen LogP contribution in [-0.4, -0.2) is 51.7 Å². The van der Waals surface area contributed by atoms with Crippen LogP contribution in [0.25, 0.3) is 0 Å². The molecule has 0 atom stereocenters. The van der Waals surface area contributed by atoms with E-state index in [1.54, 1.807) is 7.11 Å². The zero-order chi connectivity index (χ0) is 16.5. The summed E-state index contributed by atoms with van der Waals surface area (Å²) >= 11 is 3.44. The van der Waals surface area contributed by atoms with Gasteiger partial charge in [0.15, 0.2) is 18.1 Å². The second kappa shape index (κ2) is 13.5. The Kier molecular flexibility index (Phi) is 14.4. The van der Waals surface area contributed by atoms with Crippen LogP contribution in [0.1, 0.15) is 12.0 Å². The monoisotopic (exact) mass is 445 g/mol. The lowest BCUT2D eigenvalue weighted by atomic mass is 10.2. The highest BCUT2D eigenvalue weighted by atomic mass is 79.9. The highest BCUT2D eigenvalue weighted by Crippen LogP contribution is 2.36. The molecule has 24 heavy (non-hydrogen) atoms. The number of ether oxygens (including phenoxy) is 2. The van der Waals surface area contributed by atoms with Gasteiger partial charge in [0, 0.05) is 6.54 Å². The number of halogens is 3. The minimum absolute atomic E-state index is 0. The van der Waals surface area contributed by atoms with E-state index in [0.29, 0.717) is 11.5 Å². The molecule has 0 saturated heterocycles. The first-order valence-corrected chi connectivity index (χ1v) is 7.86. The van der Waals surface area contributed by atoms with E-state index in [1.165, 1.54) is 0 Å². The van der Waals surface area contributed by atoms with Crippen molar-refractivity contribution in [3.8, 4) is 11.5 Å². The van der Waals surface area contributed by atoms with Crippen LogP contribution >= 0.6 is 40.7 Å². The predicted octanol–water partition coefficient (Wildman–Crippen LogP) is 2.21. The molecule has 0 aliphatic rings. The summed E-state index contributed by atoms with van der Waals surface area (Å²) in [6.45, 7) is 2.55. The Morgan fingerprint density at radius 3 is 2.54 bits per heavy atom. The minimum atomic E-state index is -0.527. The van der Waals surface area contributed by atoms with Gasteiger partial charge in [-0.05, 0) is 67.2 Å². The third kappa shape index (κ3) is 9.54. The molecule has 0 bridgehead atoms. The van der Waals surface area contributed by atoms with Gasteiger partial charge in [0.25, 0.3) is 5.91 Å². The average molecular weight is 447 g/mol. The van der Waals surface area contributed by atoms with Crippen LogP contribution in [0.4, 0.5) is 0 Å². The lowest BCUT2D eigenvalue weighted by Gasteiger charge is -2.14. The molecule has 1 rings (SSSR count). The van der Waals surface area contributed by atoms with E-state index in [-0.39, 0.29) is 31.4 Å². The first kappa shape index (κ1) is 25.5. The predicted molar refractivity (Wildman–Crippen MR) is 105 cm³/mol. The number of nitrogens with one attached hydrogen (secondary N) is 1. The van der Waals surface area contributed by atoms with Crippen molar-refractivity contribution < 1.29 is 14.3 Å². The highest BCUT2D eigenvalue weighted by molar-refractivity contribution is 9.10. The van der Waals surface area contributed by atoms with Gasteiger partial charge < -0.3 is 25.4 Å². The Morgan fingerprint density at radius 1 is 1.33 bits per heavy atom. The largest absolute Gasteiger partial charge is 0.493 e. The van der Waals surface area contributed by atoms with E-state index < -0.39 is 5.91 Å². The van der Waals surface area contributed by atoms with Gasteiger partial charge in [-0.3, -0.25) is 4.79 Å². The Balaban J connectivity index is 0. The van der Waals surface area contributed by atoms with Crippen LogP contribution in [0.15, 0.2) is 16.6 Å². The van der Waals surface area contributed by atoms with Gasteiger partial charge in [-0.1, -0.05) is 0 Å². The maximum Gasteiger partial charge on any atom is 0.255 e. The van der Waals surface area contributed by atoms with Crippen LogP contribution < -0.4 is 20.5 Å². The van der Waals surface area contributed by atoms with Gasteiger partial charge in [-0.25, -0.2) is 0 Å². The molecule has 0 unspecified atom stereocenters. The molecular formula is C15H26BrCl2N3O3. The molecule has 1 aromatic carbocycles. The van der Waals surface area contributed by atoms with E-state index >= 15 is 0 Å². The maximum atomic E-state index is 10.8. The van der Waals surface area contributed by atoms with E-state index in [0.717, 1.165) is 36.1 Å². The Labute approximate surface area is 164 Å². The van der Waals surface area contributed by atoms with E-state index in [2.05, 4.69) is 40.2 Å². The van der Waals surface area contributed by atoms with E-state index in [4.69, 9.17) is 15.2 Å². The number of methoxy groups -OCH3 is 1. The number of carbonyl (C=O) groups excluding carboxylic acids is 1. The number of primary amides is 1. The summed E-state index contributed by atoms with van der Waals surface area (Å²) < 4.78 is 11.4. The third-order valence-electron chi connectivity index (χ3n) is 2.94. The number of carbonyl (C=O) groups is 1. The molecule has 0 spiro atoms. The number of rotatable bonds is 10. The molecule has 140 valence electrons. The minimum Gasteiger partial charge on any atom is -0.493 e. The second-order valence-electron chi connectivity index (χ2n) is 5.20. The molecule has 1 aromatic rings. The van der Waals surface area contributed by atoms with Gasteiger partial charge in [0.05, 0.1) is 11.6 Å². The lowest BCUT2D eigenvalue weighted by Crippen LogP contribution is -2.21. The van der Waals surface area contributed by atoms with Crippen molar-refractivity contribution in [2.45, 2.75) is 13.0 Å². The fraction of sp³-hybridized carbons (Fsp3) is 0.533. The smallest absolute Gasteiger partial charge is 0.255 e. The van der Waals surface area contributed by atoms with Crippen molar-refractivity contribution in [3.63, 3.8) is 0 Å². The van der Waals surface area contributed by atoms with Gasteiger partial charge in [-0.15, -0.1) is 24.8 Å². The van der Waals surface area contributed by atoms with Gasteiger partial charge in [0.2, 0.25) is 0 Å². The highest BCUT2D eigenvalue weighted by Gasteiger charge is 2.12. The fourth-order valence-electron chi connectivity index (χ4n) is 1.91. The number of nitrogens with zero attached hydrogens (tertiary/aromatic N) is 1. The first-order valence-electron chi connectivity index (χ1n) is 7.07. The molecular weight excluding hydrogens is 421 g/mol. The summed E-state index contributed by atoms with van der Waals surface area (Å²) in [7, 11) is 5.69. The molecule has 1 amide bonds. The van der Waals surface area contributed by atoms with Crippen molar-refractivity contribution in [2.24, 2.45) is 5.73 Å². The van der Waals surface area contributed by atoms with Crippen molar-refractivity contribution >= 4 is 46.7 Å². The Morgan fingerprint density at radius 2 is 2.00 bits per heavy atom. The topological polar surface area (TPSA) is 76.8 Å². The number of benzene rings is 1. The van der Waals surface area contributed by atoms with E-state index in [9.17, 15) is 4.79 Å². The summed E-state index contributed by atoms with van der Waals surface area (Å²) in [6.07, 6.45) is 1.09. The summed E-state index contributed by atoms with van der Waals surface area (Å²) in [5, 5.41) is 3.39. The summed E-state index contributed by atoms with van der Waals surface area (Å²) in [5.74, 6) is 0.527.